The molecule has 0 radical (unpaired) electrons. The van der Waals surface area contributed by atoms with Gasteiger partial charge in [-0.05, 0) is 12.8 Å². The van der Waals surface area contributed by atoms with Gasteiger partial charge >= 0.3 is 23.1 Å². The number of carbonyl (C=O) groups is 1. The van der Waals surface area contributed by atoms with Crippen molar-refractivity contribution in [2.45, 2.75) is 26.2 Å². The highest BCUT2D eigenvalue weighted by atomic mass is 24.3. The first kappa shape index (κ1) is 12.6. The molecule has 0 N–H and O–H groups in total. The van der Waals surface area contributed by atoms with E-state index in [-0.39, 0.29) is 29.0 Å². The third-order valence-corrected chi connectivity index (χ3v) is 1.31. The Morgan fingerprint density at radius 3 is 2.60 bits per heavy atom. The molecule has 0 bridgehead atoms. The highest BCUT2D eigenvalue weighted by molar-refractivity contribution is 5.75. The van der Waals surface area contributed by atoms with Crippen molar-refractivity contribution in [1.82, 2.24) is 0 Å². The summed E-state index contributed by atoms with van der Waals surface area (Å²) in [5, 5.41) is 8.39. The quantitative estimate of drug-likeness (QED) is 0.436. The van der Waals surface area contributed by atoms with Crippen molar-refractivity contribution in [3.05, 3.63) is 0 Å². The molecule has 0 spiro atoms. The lowest BCUT2D eigenvalue weighted by Crippen LogP contribution is -1.94. The van der Waals surface area contributed by atoms with E-state index < -0.39 is 0 Å². The molecule has 0 aliphatic rings. The molecule has 1 unspecified atom stereocenters. The minimum absolute atomic E-state index is 0. The van der Waals surface area contributed by atoms with Gasteiger partial charge in [0, 0.05) is 12.3 Å². The van der Waals surface area contributed by atoms with Crippen molar-refractivity contribution in [1.29, 1.82) is 5.26 Å². The Hall–Kier alpha value is -0.0738. The number of carbonyl (C=O) groups excluding carboxylic acids is 1. The Morgan fingerprint density at radius 1 is 1.70 bits per heavy atom. The van der Waals surface area contributed by atoms with E-state index in [1.807, 2.05) is 6.92 Å². The molecule has 0 fully saturated rings. The molecule has 0 aromatic heterocycles. The molecule has 0 aliphatic heterocycles. The van der Waals surface area contributed by atoms with Crippen molar-refractivity contribution >= 4 is 29.3 Å². The third-order valence-electron chi connectivity index (χ3n) is 1.31. The van der Waals surface area contributed by atoms with Gasteiger partial charge in [-0.2, -0.15) is 5.26 Å². The van der Waals surface area contributed by atoms with Crippen LogP contribution in [-0.2, 0) is 4.79 Å². The summed E-state index contributed by atoms with van der Waals surface area (Å²) >= 11 is 0. The van der Waals surface area contributed by atoms with Crippen LogP contribution in [0.3, 0.4) is 0 Å². The maximum Gasteiger partial charge on any atom is 0.316 e. The van der Waals surface area contributed by atoms with Crippen LogP contribution in [0.25, 0.3) is 0 Å². The average molecular weight is 151 g/mol. The second kappa shape index (κ2) is 8.93. The summed E-state index contributed by atoms with van der Waals surface area (Å²) in [6, 6.07) is 2.13. The van der Waals surface area contributed by atoms with Crippen molar-refractivity contribution < 1.29 is 4.79 Å². The molecule has 1 atom stereocenters. The van der Waals surface area contributed by atoms with E-state index in [1.165, 1.54) is 0 Å². The molecule has 0 aromatic rings. The van der Waals surface area contributed by atoms with Gasteiger partial charge in [0.2, 0.25) is 0 Å². The van der Waals surface area contributed by atoms with Crippen LogP contribution in [-0.4, -0.2) is 29.3 Å². The molecule has 0 saturated carbocycles. The zero-order valence-corrected chi connectivity index (χ0v) is 5.63. The van der Waals surface area contributed by atoms with Gasteiger partial charge in [0.15, 0.2) is 0 Å². The molecule has 3 heteroatoms. The Bertz CT molecular complexity index is 119. The largest absolute Gasteiger partial charge is 0.316 e. The number of rotatable bonds is 4. The predicted octanol–water partition coefficient (Wildman–Crippen LogP) is 0.599. The first-order valence-corrected chi connectivity index (χ1v) is 3.18. The lowest BCUT2D eigenvalue weighted by molar-refractivity contribution is -0.108. The van der Waals surface area contributed by atoms with Gasteiger partial charge in [-0.25, -0.2) is 0 Å². The monoisotopic (exact) mass is 151 g/mol. The van der Waals surface area contributed by atoms with E-state index in [2.05, 4.69) is 6.07 Å². The molecule has 0 heterocycles. The van der Waals surface area contributed by atoms with E-state index in [9.17, 15) is 4.79 Å². The van der Waals surface area contributed by atoms with Gasteiger partial charge in [-0.15, -0.1) is 0 Å². The normalized spacial score (nSPS) is 10.8. The van der Waals surface area contributed by atoms with Crippen LogP contribution in [0.2, 0.25) is 0 Å². The van der Waals surface area contributed by atoms with Crippen molar-refractivity contribution in [3.63, 3.8) is 0 Å². The molecule has 0 saturated heterocycles. The molecular weight excluding hydrogens is 138 g/mol. The highest BCUT2D eigenvalue weighted by Gasteiger charge is 2.01. The topological polar surface area (TPSA) is 40.9 Å². The molecule has 0 aliphatic carbocycles. The van der Waals surface area contributed by atoms with Crippen LogP contribution >= 0.6 is 0 Å². The number of nitrogens with zero attached hydrogens (tertiary/aromatic N) is 1. The maximum atomic E-state index is 9.83. The van der Waals surface area contributed by atoms with E-state index in [0.29, 0.717) is 6.42 Å². The van der Waals surface area contributed by atoms with Gasteiger partial charge in [0.1, 0.15) is 6.29 Å². The summed E-state index contributed by atoms with van der Waals surface area (Å²) in [5.41, 5.74) is 0. The van der Waals surface area contributed by atoms with Crippen LogP contribution in [0.4, 0.5) is 0 Å². The molecule has 0 amide bonds. The molecule has 2 nitrogen and oxygen atoms in total. The fourth-order valence-corrected chi connectivity index (χ4v) is 0.629. The van der Waals surface area contributed by atoms with Gasteiger partial charge in [-0.1, -0.05) is 6.92 Å². The lowest BCUT2D eigenvalue weighted by Gasteiger charge is -1.98. The van der Waals surface area contributed by atoms with Gasteiger partial charge in [0.25, 0.3) is 0 Å². The fraction of sp³-hybridized carbons (Fsp3) is 0.714. The second-order valence-electron chi connectivity index (χ2n) is 1.98. The Balaban J connectivity index is 0. The van der Waals surface area contributed by atoms with Crippen molar-refractivity contribution in [2.24, 2.45) is 5.92 Å². The second-order valence-corrected chi connectivity index (χ2v) is 1.98. The van der Waals surface area contributed by atoms with Crippen LogP contribution in [0.1, 0.15) is 26.2 Å². The first-order valence-electron chi connectivity index (χ1n) is 3.18. The standard InChI is InChI=1S/C7H11NO.Mg.2H/c1-2-7(6-8)4-3-5-9;;;/h5,7H,2-4H2,1H3;;;. The van der Waals surface area contributed by atoms with E-state index in [4.69, 9.17) is 5.26 Å². The maximum absolute atomic E-state index is 9.83. The SMILES string of the molecule is CCC(C#N)CCC=O.[MgH2]. The summed E-state index contributed by atoms with van der Waals surface area (Å²) < 4.78 is 0. The van der Waals surface area contributed by atoms with Crippen LogP contribution in [0, 0.1) is 17.2 Å². The third kappa shape index (κ3) is 6.05. The van der Waals surface area contributed by atoms with Crippen LogP contribution in [0.15, 0.2) is 0 Å². The molecule has 10 heavy (non-hydrogen) atoms. The van der Waals surface area contributed by atoms with Crippen LogP contribution < -0.4 is 0 Å². The van der Waals surface area contributed by atoms with E-state index in [0.717, 1.165) is 19.1 Å². The minimum Gasteiger partial charge on any atom is -0.303 e. The summed E-state index contributed by atoms with van der Waals surface area (Å²) in [7, 11) is 0. The number of nitriles is 1. The first-order chi connectivity index (χ1) is 4.35. The fourth-order valence-electron chi connectivity index (χ4n) is 0.629. The van der Waals surface area contributed by atoms with E-state index in [1.54, 1.807) is 0 Å². The molecule has 54 valence electrons. The summed E-state index contributed by atoms with van der Waals surface area (Å²) in [4.78, 5) is 9.83. The van der Waals surface area contributed by atoms with Crippen LogP contribution in [0.5, 0.6) is 0 Å². The Labute approximate surface area is 77.8 Å². The van der Waals surface area contributed by atoms with Gasteiger partial charge < -0.3 is 4.79 Å². The van der Waals surface area contributed by atoms with E-state index >= 15 is 0 Å². The Morgan fingerprint density at radius 2 is 2.30 bits per heavy atom. The zero-order valence-electron chi connectivity index (χ0n) is 5.63. The number of hydrogen-bond acceptors (Lipinski definition) is 2. The smallest absolute Gasteiger partial charge is 0.303 e. The lowest BCUT2D eigenvalue weighted by atomic mass is 10.0. The number of aldehydes is 1. The van der Waals surface area contributed by atoms with Gasteiger partial charge in [-0.3, -0.25) is 0 Å². The summed E-state index contributed by atoms with van der Waals surface area (Å²) in [6.45, 7) is 1.96. The van der Waals surface area contributed by atoms with Crippen molar-refractivity contribution in [3.8, 4) is 6.07 Å². The highest BCUT2D eigenvalue weighted by Crippen LogP contribution is 2.06. The average Bonchev–Trinajstić information content (AvgIpc) is 1.91. The Kier molecular flexibility index (Phi) is 11.2. The minimum atomic E-state index is 0. The number of hydrogen-bond donors (Lipinski definition) is 0. The van der Waals surface area contributed by atoms with Crippen molar-refractivity contribution in [2.75, 3.05) is 0 Å². The summed E-state index contributed by atoms with van der Waals surface area (Å²) in [5.74, 6) is 0.0789. The molecule has 0 rings (SSSR count). The molecule has 0 aromatic carbocycles. The summed E-state index contributed by atoms with van der Waals surface area (Å²) in [6.07, 6.45) is 2.95. The predicted molar refractivity (Wildman–Crippen MR) is 43.2 cm³/mol. The zero-order chi connectivity index (χ0) is 7.11. The van der Waals surface area contributed by atoms with Gasteiger partial charge in [0.05, 0.1) is 6.07 Å². The molecular formula is C7H13MgNO.